The fraction of sp³-hybridized carbons (Fsp3) is 0.267. The summed E-state index contributed by atoms with van der Waals surface area (Å²) in [6.45, 7) is 0.673. The van der Waals surface area contributed by atoms with E-state index in [0.717, 1.165) is 12.8 Å². The predicted molar refractivity (Wildman–Crippen MR) is 69.1 cm³/mol. The Morgan fingerprint density at radius 3 is 2.72 bits per heavy atom. The molecule has 3 nitrogen and oxygen atoms in total. The lowest BCUT2D eigenvalue weighted by Gasteiger charge is -2.16. The summed E-state index contributed by atoms with van der Waals surface area (Å²) in [6.07, 6.45) is 5.40. The van der Waals surface area contributed by atoms with Gasteiger partial charge in [-0.1, -0.05) is 30.3 Å². The molecule has 0 unspecified atom stereocenters. The molecule has 0 amide bonds. The molecule has 0 atom stereocenters. The maximum Gasteiger partial charge on any atom is 0.189 e. The molecule has 0 spiro atoms. The molecule has 1 aromatic carbocycles. The van der Waals surface area contributed by atoms with E-state index in [2.05, 4.69) is 0 Å². The van der Waals surface area contributed by atoms with Crippen LogP contribution in [0.5, 0.6) is 0 Å². The molecule has 0 saturated heterocycles. The molecule has 3 heteroatoms. The minimum Gasteiger partial charge on any atom is -0.493 e. The van der Waals surface area contributed by atoms with Crippen molar-refractivity contribution in [3.63, 3.8) is 0 Å². The summed E-state index contributed by atoms with van der Waals surface area (Å²) in [4.78, 5) is 12.0. The van der Waals surface area contributed by atoms with Crippen LogP contribution in [0.25, 0.3) is 0 Å². The van der Waals surface area contributed by atoms with E-state index in [-0.39, 0.29) is 5.78 Å². The van der Waals surface area contributed by atoms with Gasteiger partial charge in [-0.2, -0.15) is 0 Å². The van der Waals surface area contributed by atoms with Gasteiger partial charge in [0.15, 0.2) is 17.3 Å². The molecule has 0 saturated carbocycles. The number of carbonyl (C=O) groups is 1. The van der Waals surface area contributed by atoms with Gasteiger partial charge in [-0.25, -0.2) is 0 Å². The van der Waals surface area contributed by atoms with Crippen LogP contribution in [-0.4, -0.2) is 19.5 Å². The van der Waals surface area contributed by atoms with Crippen LogP contribution in [0.4, 0.5) is 0 Å². The molecule has 0 bridgehead atoms. The van der Waals surface area contributed by atoms with Crippen LogP contribution in [0.15, 0.2) is 54.0 Å². The maximum atomic E-state index is 12.0. The zero-order valence-corrected chi connectivity index (χ0v) is 10.4. The second-order valence-electron chi connectivity index (χ2n) is 4.00. The van der Waals surface area contributed by atoms with Crippen molar-refractivity contribution in [1.29, 1.82) is 0 Å². The first-order chi connectivity index (χ1) is 8.81. The Labute approximate surface area is 107 Å². The number of hydrogen-bond donors (Lipinski definition) is 0. The van der Waals surface area contributed by atoms with Crippen molar-refractivity contribution in [3.05, 3.63) is 59.6 Å². The molecule has 1 heterocycles. The fourth-order valence-corrected chi connectivity index (χ4v) is 1.76. The van der Waals surface area contributed by atoms with Gasteiger partial charge < -0.3 is 9.47 Å². The molecule has 0 radical (unpaired) electrons. The number of ketones is 1. The minimum atomic E-state index is -0.0810. The summed E-state index contributed by atoms with van der Waals surface area (Å²) in [5, 5.41) is 0. The molecular formula is C15H16O3. The monoisotopic (exact) mass is 244 g/mol. The number of ether oxygens (including phenoxy) is 2. The van der Waals surface area contributed by atoms with Crippen molar-refractivity contribution in [1.82, 2.24) is 0 Å². The van der Waals surface area contributed by atoms with E-state index in [0.29, 0.717) is 23.7 Å². The van der Waals surface area contributed by atoms with E-state index in [1.165, 1.54) is 6.08 Å². The molecule has 94 valence electrons. The average Bonchev–Trinajstić information content (AvgIpc) is 2.46. The summed E-state index contributed by atoms with van der Waals surface area (Å²) in [7, 11) is 1.54. The third kappa shape index (κ3) is 3.00. The second-order valence-corrected chi connectivity index (χ2v) is 4.00. The number of carbonyl (C=O) groups excluding carboxylic acids is 1. The SMILES string of the molecule is CO/C(=C/C(=O)c1ccccc1)C1=CCCCO1. The van der Waals surface area contributed by atoms with Gasteiger partial charge in [0.25, 0.3) is 0 Å². The molecular weight excluding hydrogens is 228 g/mol. The Kier molecular flexibility index (Phi) is 4.18. The van der Waals surface area contributed by atoms with Gasteiger partial charge in [0, 0.05) is 11.6 Å². The van der Waals surface area contributed by atoms with E-state index >= 15 is 0 Å². The highest BCUT2D eigenvalue weighted by atomic mass is 16.5. The Balaban J connectivity index is 2.19. The summed E-state index contributed by atoms with van der Waals surface area (Å²) >= 11 is 0. The molecule has 0 aliphatic carbocycles. The number of allylic oxidation sites excluding steroid dienone is 2. The lowest BCUT2D eigenvalue weighted by atomic mass is 10.1. The van der Waals surface area contributed by atoms with Crippen LogP contribution in [-0.2, 0) is 9.47 Å². The quantitative estimate of drug-likeness (QED) is 0.464. The van der Waals surface area contributed by atoms with Gasteiger partial charge in [0.1, 0.15) is 0 Å². The lowest BCUT2D eigenvalue weighted by molar-refractivity contribution is 0.103. The fourth-order valence-electron chi connectivity index (χ4n) is 1.76. The molecule has 1 aliphatic heterocycles. The van der Waals surface area contributed by atoms with Crippen LogP contribution in [0.1, 0.15) is 23.2 Å². The standard InChI is InChI=1S/C15H16O3/c1-17-15(14-9-5-6-10-18-14)11-13(16)12-7-3-2-4-8-12/h2-4,7-9,11H,5-6,10H2,1H3/b15-11+. The smallest absolute Gasteiger partial charge is 0.189 e. The molecule has 1 aliphatic rings. The van der Waals surface area contributed by atoms with Gasteiger partial charge >= 0.3 is 0 Å². The van der Waals surface area contributed by atoms with Crippen molar-refractivity contribution < 1.29 is 14.3 Å². The third-order valence-corrected chi connectivity index (χ3v) is 2.72. The van der Waals surface area contributed by atoms with Crippen molar-refractivity contribution in [2.24, 2.45) is 0 Å². The minimum absolute atomic E-state index is 0.0810. The van der Waals surface area contributed by atoms with Gasteiger partial charge in [0.2, 0.25) is 0 Å². The third-order valence-electron chi connectivity index (χ3n) is 2.72. The van der Waals surface area contributed by atoms with E-state index < -0.39 is 0 Å². The first kappa shape index (κ1) is 12.4. The summed E-state index contributed by atoms with van der Waals surface area (Å²) in [5.74, 6) is 1.07. The van der Waals surface area contributed by atoms with Gasteiger partial charge in [-0.3, -0.25) is 4.79 Å². The van der Waals surface area contributed by atoms with Crippen LogP contribution in [0, 0.1) is 0 Å². The number of rotatable bonds is 4. The maximum absolute atomic E-state index is 12.0. The zero-order chi connectivity index (χ0) is 12.8. The normalized spacial score (nSPS) is 15.6. The number of methoxy groups -OCH3 is 1. The van der Waals surface area contributed by atoms with Crippen molar-refractivity contribution >= 4 is 5.78 Å². The highest BCUT2D eigenvalue weighted by Gasteiger charge is 2.13. The van der Waals surface area contributed by atoms with Gasteiger partial charge in [0.05, 0.1) is 13.7 Å². The predicted octanol–water partition coefficient (Wildman–Crippen LogP) is 3.09. The van der Waals surface area contributed by atoms with Crippen LogP contribution in [0.3, 0.4) is 0 Å². The van der Waals surface area contributed by atoms with Crippen LogP contribution < -0.4 is 0 Å². The molecule has 0 N–H and O–H groups in total. The Morgan fingerprint density at radius 1 is 1.33 bits per heavy atom. The van der Waals surface area contributed by atoms with E-state index in [1.807, 2.05) is 24.3 Å². The van der Waals surface area contributed by atoms with E-state index in [4.69, 9.17) is 9.47 Å². The van der Waals surface area contributed by atoms with Gasteiger partial charge in [-0.05, 0) is 18.9 Å². The van der Waals surface area contributed by atoms with Gasteiger partial charge in [-0.15, -0.1) is 0 Å². The number of hydrogen-bond acceptors (Lipinski definition) is 3. The summed E-state index contributed by atoms with van der Waals surface area (Å²) in [5.41, 5.74) is 0.642. The topological polar surface area (TPSA) is 35.5 Å². The van der Waals surface area contributed by atoms with E-state index in [1.54, 1.807) is 19.2 Å². The Hall–Kier alpha value is -2.03. The Bertz CT molecular complexity index is 472. The second kappa shape index (κ2) is 6.05. The zero-order valence-electron chi connectivity index (χ0n) is 10.4. The molecule has 18 heavy (non-hydrogen) atoms. The molecule has 0 aromatic heterocycles. The van der Waals surface area contributed by atoms with Crippen LogP contribution in [0.2, 0.25) is 0 Å². The molecule has 0 fully saturated rings. The highest BCUT2D eigenvalue weighted by Crippen LogP contribution is 2.19. The first-order valence-corrected chi connectivity index (χ1v) is 5.99. The van der Waals surface area contributed by atoms with Crippen molar-refractivity contribution in [2.45, 2.75) is 12.8 Å². The molecule has 1 aromatic rings. The van der Waals surface area contributed by atoms with Crippen molar-refractivity contribution in [2.75, 3.05) is 13.7 Å². The first-order valence-electron chi connectivity index (χ1n) is 5.99. The summed E-state index contributed by atoms with van der Waals surface area (Å²) in [6, 6.07) is 9.11. The summed E-state index contributed by atoms with van der Waals surface area (Å²) < 4.78 is 10.7. The highest BCUT2D eigenvalue weighted by molar-refractivity contribution is 6.05. The largest absolute Gasteiger partial charge is 0.493 e. The Morgan fingerprint density at radius 2 is 2.11 bits per heavy atom. The number of benzene rings is 1. The average molecular weight is 244 g/mol. The van der Waals surface area contributed by atoms with Crippen LogP contribution >= 0.6 is 0 Å². The van der Waals surface area contributed by atoms with Crippen molar-refractivity contribution in [3.8, 4) is 0 Å². The molecule has 2 rings (SSSR count). The van der Waals surface area contributed by atoms with E-state index in [9.17, 15) is 4.79 Å². The lowest BCUT2D eigenvalue weighted by Crippen LogP contribution is -2.07.